The Hall–Kier alpha value is -1.06. The third-order valence-electron chi connectivity index (χ3n) is 2.55. The predicted octanol–water partition coefficient (Wildman–Crippen LogP) is 2.92. The first-order valence-electron chi connectivity index (χ1n) is 6.06. The van der Waals surface area contributed by atoms with Crippen LogP contribution in [0.4, 0.5) is 0 Å². The van der Waals surface area contributed by atoms with Gasteiger partial charge in [-0.3, -0.25) is 4.79 Å². The van der Waals surface area contributed by atoms with Crippen molar-refractivity contribution in [3.05, 3.63) is 35.4 Å². The van der Waals surface area contributed by atoms with Crippen LogP contribution in [-0.4, -0.2) is 37.1 Å². The number of alkyl halides is 1. The molecule has 0 atom stereocenters. The van der Waals surface area contributed by atoms with Crippen LogP contribution in [0, 0.1) is 0 Å². The van der Waals surface area contributed by atoms with Gasteiger partial charge >= 0.3 is 0 Å². The summed E-state index contributed by atoms with van der Waals surface area (Å²) in [6.07, 6.45) is 0.188. The van der Waals surface area contributed by atoms with Crippen molar-refractivity contribution in [2.24, 2.45) is 0 Å². The predicted molar refractivity (Wildman–Crippen MR) is 74.0 cm³/mol. The Bertz CT molecular complexity index is 393. The molecule has 1 aromatic rings. The van der Waals surface area contributed by atoms with Crippen LogP contribution in [0.1, 0.15) is 29.8 Å². The van der Waals surface area contributed by atoms with Crippen molar-refractivity contribution in [2.45, 2.75) is 25.8 Å². The number of rotatable bonds is 6. The van der Waals surface area contributed by atoms with E-state index in [1.165, 1.54) is 0 Å². The minimum absolute atomic E-state index is 0.00526. The Morgan fingerprint density at radius 3 is 2.78 bits per heavy atom. The van der Waals surface area contributed by atoms with E-state index < -0.39 is 0 Å². The molecule has 0 heterocycles. The molecule has 0 saturated heterocycles. The summed E-state index contributed by atoms with van der Waals surface area (Å²) in [5, 5.41) is 0. The van der Waals surface area contributed by atoms with E-state index in [4.69, 9.17) is 16.3 Å². The minimum atomic E-state index is -0.00526. The summed E-state index contributed by atoms with van der Waals surface area (Å²) in [7, 11) is 1.78. The van der Waals surface area contributed by atoms with Crippen LogP contribution >= 0.6 is 11.6 Å². The number of carbonyl (C=O) groups excluding carboxylic acids is 1. The second-order valence-electron chi connectivity index (χ2n) is 4.48. The van der Waals surface area contributed by atoms with Gasteiger partial charge in [-0.05, 0) is 31.5 Å². The lowest BCUT2D eigenvalue weighted by molar-refractivity contribution is 0.0532. The van der Waals surface area contributed by atoms with Gasteiger partial charge in [0, 0.05) is 25.0 Å². The highest BCUT2D eigenvalue weighted by Gasteiger charge is 2.11. The van der Waals surface area contributed by atoms with Gasteiger partial charge in [0.15, 0.2) is 0 Å². The number of hydrogen-bond acceptors (Lipinski definition) is 2. The highest BCUT2D eigenvalue weighted by molar-refractivity contribution is 6.17. The highest BCUT2D eigenvalue weighted by Crippen LogP contribution is 2.09. The number of carbonyl (C=O) groups is 1. The molecule has 3 nitrogen and oxygen atoms in total. The van der Waals surface area contributed by atoms with Crippen molar-refractivity contribution in [1.82, 2.24) is 4.90 Å². The maximum Gasteiger partial charge on any atom is 0.253 e. The van der Waals surface area contributed by atoms with E-state index in [1.54, 1.807) is 18.0 Å². The second-order valence-corrected chi connectivity index (χ2v) is 4.75. The van der Waals surface area contributed by atoms with Gasteiger partial charge in [0.25, 0.3) is 5.91 Å². The summed E-state index contributed by atoms with van der Waals surface area (Å²) in [5.74, 6) is 0.413. The fourth-order valence-electron chi connectivity index (χ4n) is 1.53. The molecule has 0 aliphatic rings. The topological polar surface area (TPSA) is 29.5 Å². The van der Waals surface area contributed by atoms with E-state index in [2.05, 4.69) is 0 Å². The first-order valence-corrected chi connectivity index (χ1v) is 6.60. The highest BCUT2D eigenvalue weighted by atomic mass is 35.5. The first kappa shape index (κ1) is 15.0. The first-order chi connectivity index (χ1) is 8.54. The lowest BCUT2D eigenvalue weighted by Gasteiger charge is -2.18. The molecule has 1 amide bonds. The zero-order valence-electron chi connectivity index (χ0n) is 11.1. The van der Waals surface area contributed by atoms with Gasteiger partial charge in [0.1, 0.15) is 0 Å². The van der Waals surface area contributed by atoms with Crippen molar-refractivity contribution < 1.29 is 9.53 Å². The SMILES string of the molecule is CC(C)OCCN(C)C(=O)c1cccc(CCl)c1. The number of benzene rings is 1. The van der Waals surface area contributed by atoms with E-state index >= 15 is 0 Å². The second kappa shape index (κ2) is 7.39. The Morgan fingerprint density at radius 2 is 2.17 bits per heavy atom. The van der Waals surface area contributed by atoms with E-state index in [-0.39, 0.29) is 12.0 Å². The number of likely N-dealkylation sites (N-methyl/N-ethyl adjacent to an activating group) is 1. The monoisotopic (exact) mass is 269 g/mol. The van der Waals surface area contributed by atoms with E-state index in [0.717, 1.165) is 5.56 Å². The smallest absolute Gasteiger partial charge is 0.253 e. The maximum absolute atomic E-state index is 12.1. The number of amides is 1. The van der Waals surface area contributed by atoms with Gasteiger partial charge < -0.3 is 9.64 Å². The van der Waals surface area contributed by atoms with Gasteiger partial charge in [-0.1, -0.05) is 12.1 Å². The van der Waals surface area contributed by atoms with Gasteiger partial charge in [0.2, 0.25) is 0 Å². The van der Waals surface area contributed by atoms with Gasteiger partial charge in [-0.2, -0.15) is 0 Å². The Morgan fingerprint density at radius 1 is 1.44 bits per heavy atom. The minimum Gasteiger partial charge on any atom is -0.377 e. The standard InChI is InChI=1S/C14H20ClNO2/c1-11(2)18-8-7-16(3)14(17)13-6-4-5-12(9-13)10-15/h4-6,9,11H,7-8,10H2,1-3H3. The lowest BCUT2D eigenvalue weighted by Crippen LogP contribution is -2.30. The average Bonchev–Trinajstić information content (AvgIpc) is 2.37. The average molecular weight is 270 g/mol. The molecule has 0 fully saturated rings. The van der Waals surface area contributed by atoms with Gasteiger partial charge in [-0.25, -0.2) is 0 Å². The zero-order chi connectivity index (χ0) is 13.5. The normalized spacial score (nSPS) is 10.7. The molecule has 1 rings (SSSR count). The third kappa shape index (κ3) is 4.67. The molecule has 18 heavy (non-hydrogen) atoms. The fraction of sp³-hybridized carbons (Fsp3) is 0.500. The van der Waals surface area contributed by atoms with E-state index in [9.17, 15) is 4.79 Å². The number of nitrogens with zero attached hydrogens (tertiary/aromatic N) is 1. The molecule has 4 heteroatoms. The molecule has 0 aliphatic carbocycles. The maximum atomic E-state index is 12.1. The molecular weight excluding hydrogens is 250 g/mol. The number of halogens is 1. The Labute approximate surface area is 114 Å². The molecule has 1 aromatic carbocycles. The van der Waals surface area contributed by atoms with Crippen molar-refractivity contribution in [3.8, 4) is 0 Å². The molecular formula is C14H20ClNO2. The summed E-state index contributed by atoms with van der Waals surface area (Å²) in [5.41, 5.74) is 1.62. The van der Waals surface area contributed by atoms with Crippen molar-refractivity contribution in [2.75, 3.05) is 20.2 Å². The molecule has 0 aliphatic heterocycles. The van der Waals surface area contributed by atoms with Crippen molar-refractivity contribution in [3.63, 3.8) is 0 Å². The van der Waals surface area contributed by atoms with E-state index in [1.807, 2.05) is 32.0 Å². The molecule has 0 N–H and O–H groups in total. The van der Waals surface area contributed by atoms with Crippen LogP contribution in [0.5, 0.6) is 0 Å². The van der Waals surface area contributed by atoms with Gasteiger partial charge in [-0.15, -0.1) is 11.6 Å². The number of ether oxygens (including phenoxy) is 1. The van der Waals surface area contributed by atoms with Crippen molar-refractivity contribution >= 4 is 17.5 Å². The van der Waals surface area contributed by atoms with E-state index in [0.29, 0.717) is 24.6 Å². The van der Waals surface area contributed by atoms with Crippen LogP contribution < -0.4 is 0 Å². The molecule has 0 aromatic heterocycles. The summed E-state index contributed by atoms with van der Waals surface area (Å²) < 4.78 is 5.43. The van der Waals surface area contributed by atoms with Crippen molar-refractivity contribution in [1.29, 1.82) is 0 Å². The molecule has 0 saturated carbocycles. The van der Waals surface area contributed by atoms with Gasteiger partial charge in [0.05, 0.1) is 12.7 Å². The molecule has 0 bridgehead atoms. The molecule has 100 valence electrons. The zero-order valence-corrected chi connectivity index (χ0v) is 11.9. The fourth-order valence-corrected chi connectivity index (χ4v) is 1.70. The van der Waals surface area contributed by atoms with Crippen LogP contribution in [0.15, 0.2) is 24.3 Å². The summed E-state index contributed by atoms with van der Waals surface area (Å²) in [4.78, 5) is 13.8. The summed E-state index contributed by atoms with van der Waals surface area (Å²) in [6, 6.07) is 7.39. The third-order valence-corrected chi connectivity index (χ3v) is 2.86. The lowest BCUT2D eigenvalue weighted by atomic mass is 10.1. The van der Waals surface area contributed by atoms with Crippen LogP contribution in [0.25, 0.3) is 0 Å². The Balaban J connectivity index is 2.56. The van der Waals surface area contributed by atoms with Crippen LogP contribution in [-0.2, 0) is 10.6 Å². The summed E-state index contributed by atoms with van der Waals surface area (Å²) in [6.45, 7) is 5.09. The van der Waals surface area contributed by atoms with Crippen LogP contribution in [0.3, 0.4) is 0 Å². The number of hydrogen-bond donors (Lipinski definition) is 0. The molecule has 0 unspecified atom stereocenters. The Kier molecular flexibility index (Phi) is 6.16. The quantitative estimate of drug-likeness (QED) is 0.743. The summed E-state index contributed by atoms with van der Waals surface area (Å²) >= 11 is 5.76. The molecule has 0 spiro atoms. The van der Waals surface area contributed by atoms with Crippen LogP contribution in [0.2, 0.25) is 0 Å². The molecule has 0 radical (unpaired) electrons. The largest absolute Gasteiger partial charge is 0.377 e.